The zero-order chi connectivity index (χ0) is 15.5. The number of hydrogen-bond acceptors (Lipinski definition) is 3. The average Bonchev–Trinajstić information content (AvgIpc) is 2.47. The van der Waals surface area contributed by atoms with E-state index in [4.69, 9.17) is 5.26 Å². The van der Waals surface area contributed by atoms with Crippen molar-refractivity contribution in [1.82, 2.24) is 4.72 Å². The Labute approximate surface area is 125 Å². The van der Waals surface area contributed by atoms with Gasteiger partial charge in [-0.15, -0.1) is 0 Å². The number of nitrogens with one attached hydrogen (secondary N) is 1. The summed E-state index contributed by atoms with van der Waals surface area (Å²) in [5.74, 6) is -0.510. The van der Waals surface area contributed by atoms with Crippen molar-refractivity contribution in [3.8, 4) is 6.07 Å². The maximum Gasteiger partial charge on any atom is 0.242 e. The van der Waals surface area contributed by atoms with Gasteiger partial charge in [-0.25, -0.2) is 17.5 Å². The van der Waals surface area contributed by atoms with Gasteiger partial charge in [-0.3, -0.25) is 0 Å². The van der Waals surface area contributed by atoms with Gasteiger partial charge in [0.05, 0.1) is 0 Å². The van der Waals surface area contributed by atoms with Gasteiger partial charge in [0.15, 0.2) is 0 Å². The molecule has 4 nitrogen and oxygen atoms in total. The van der Waals surface area contributed by atoms with Crippen LogP contribution in [0.15, 0.2) is 23.1 Å². The number of nitrogens with zero attached hydrogens (tertiary/aromatic N) is 1. The SMILES string of the molecule is CCC1CCCCC1NS(=O)(=O)c1cccc(F)c1C#N. The molecule has 0 aliphatic heterocycles. The Bertz CT molecular complexity index is 652. The van der Waals surface area contributed by atoms with E-state index >= 15 is 0 Å². The zero-order valence-electron chi connectivity index (χ0n) is 12.0. The molecule has 1 fully saturated rings. The number of hydrogen-bond donors (Lipinski definition) is 1. The molecule has 1 aliphatic rings. The molecule has 0 amide bonds. The summed E-state index contributed by atoms with van der Waals surface area (Å²) in [7, 11) is -3.88. The van der Waals surface area contributed by atoms with Gasteiger partial charge in [0.2, 0.25) is 10.0 Å². The molecule has 0 radical (unpaired) electrons. The number of rotatable bonds is 4. The predicted molar refractivity (Wildman–Crippen MR) is 77.5 cm³/mol. The van der Waals surface area contributed by atoms with Gasteiger partial charge < -0.3 is 0 Å². The third kappa shape index (κ3) is 3.42. The molecule has 1 aliphatic carbocycles. The Morgan fingerprint density at radius 3 is 2.76 bits per heavy atom. The fourth-order valence-corrected chi connectivity index (χ4v) is 4.46. The maximum absolute atomic E-state index is 13.6. The van der Waals surface area contributed by atoms with Crippen LogP contribution >= 0.6 is 0 Å². The Hall–Kier alpha value is -1.45. The Kier molecular flexibility index (Phi) is 4.96. The van der Waals surface area contributed by atoms with Crippen molar-refractivity contribution in [2.75, 3.05) is 0 Å². The first-order chi connectivity index (χ1) is 9.99. The van der Waals surface area contributed by atoms with Crippen LogP contribution < -0.4 is 4.72 Å². The van der Waals surface area contributed by atoms with Crippen molar-refractivity contribution in [2.45, 2.75) is 50.0 Å². The molecule has 0 aromatic heterocycles. The highest BCUT2D eigenvalue weighted by Gasteiger charge is 2.30. The molecule has 2 atom stereocenters. The summed E-state index contributed by atoms with van der Waals surface area (Å²) in [5, 5.41) is 8.98. The quantitative estimate of drug-likeness (QED) is 0.929. The fourth-order valence-electron chi connectivity index (χ4n) is 2.95. The lowest BCUT2D eigenvalue weighted by Crippen LogP contribution is -2.42. The molecule has 1 aromatic rings. The lowest BCUT2D eigenvalue weighted by atomic mass is 9.83. The average molecular weight is 310 g/mol. The summed E-state index contributed by atoms with van der Waals surface area (Å²) in [6.45, 7) is 2.04. The minimum Gasteiger partial charge on any atom is -0.208 e. The molecule has 2 unspecified atom stereocenters. The molecule has 2 rings (SSSR count). The van der Waals surface area contributed by atoms with Crippen LogP contribution in [0.4, 0.5) is 4.39 Å². The van der Waals surface area contributed by atoms with Crippen LogP contribution in [0.3, 0.4) is 0 Å². The number of halogens is 1. The Morgan fingerprint density at radius 2 is 2.10 bits per heavy atom. The second-order valence-corrected chi connectivity index (χ2v) is 7.09. The van der Waals surface area contributed by atoms with Gasteiger partial charge in [0.1, 0.15) is 22.3 Å². The molecule has 114 valence electrons. The Morgan fingerprint density at radius 1 is 1.38 bits per heavy atom. The zero-order valence-corrected chi connectivity index (χ0v) is 12.8. The summed E-state index contributed by atoms with van der Waals surface area (Å²) in [4.78, 5) is -0.273. The molecule has 1 aromatic carbocycles. The van der Waals surface area contributed by atoms with Gasteiger partial charge in [-0.2, -0.15) is 5.26 Å². The summed E-state index contributed by atoms with van der Waals surface area (Å²) < 4.78 is 41.2. The molecule has 6 heteroatoms. The topological polar surface area (TPSA) is 70.0 Å². The molecule has 1 N–H and O–H groups in total. The molecule has 0 heterocycles. The van der Waals surface area contributed by atoms with Crippen LogP contribution in [0.2, 0.25) is 0 Å². The van der Waals surface area contributed by atoms with Crippen molar-refractivity contribution in [3.05, 3.63) is 29.6 Å². The summed E-state index contributed by atoms with van der Waals surface area (Å²) in [6, 6.07) is 5.17. The van der Waals surface area contributed by atoms with Crippen LogP contribution in [0.5, 0.6) is 0 Å². The smallest absolute Gasteiger partial charge is 0.208 e. The van der Waals surface area contributed by atoms with Crippen molar-refractivity contribution < 1.29 is 12.8 Å². The van der Waals surface area contributed by atoms with Crippen LogP contribution in [-0.4, -0.2) is 14.5 Å². The second kappa shape index (κ2) is 6.54. The van der Waals surface area contributed by atoms with Crippen molar-refractivity contribution in [3.63, 3.8) is 0 Å². The minimum atomic E-state index is -3.88. The molecule has 1 saturated carbocycles. The molecular formula is C15H19FN2O2S. The largest absolute Gasteiger partial charge is 0.242 e. The first-order valence-electron chi connectivity index (χ1n) is 7.20. The summed E-state index contributed by atoms with van der Waals surface area (Å²) in [6.07, 6.45) is 4.78. The fraction of sp³-hybridized carbons (Fsp3) is 0.533. The third-order valence-corrected chi connectivity index (χ3v) is 5.65. The van der Waals surface area contributed by atoms with Gasteiger partial charge in [0.25, 0.3) is 0 Å². The van der Waals surface area contributed by atoms with E-state index in [-0.39, 0.29) is 10.9 Å². The van der Waals surface area contributed by atoms with Crippen molar-refractivity contribution >= 4 is 10.0 Å². The lowest BCUT2D eigenvalue weighted by molar-refractivity contribution is 0.282. The van der Waals surface area contributed by atoms with E-state index in [1.54, 1.807) is 6.07 Å². The third-order valence-electron chi connectivity index (χ3n) is 4.12. The van der Waals surface area contributed by atoms with Crippen molar-refractivity contribution in [2.24, 2.45) is 5.92 Å². The van der Waals surface area contributed by atoms with Gasteiger partial charge in [-0.05, 0) is 30.9 Å². The van der Waals surface area contributed by atoms with Gasteiger partial charge in [0, 0.05) is 6.04 Å². The van der Waals surface area contributed by atoms with Crippen LogP contribution in [0.1, 0.15) is 44.6 Å². The van der Waals surface area contributed by atoms with E-state index in [1.165, 1.54) is 12.1 Å². The first kappa shape index (κ1) is 15.9. The molecule has 0 bridgehead atoms. The highest BCUT2D eigenvalue weighted by molar-refractivity contribution is 7.89. The molecule has 0 saturated heterocycles. The lowest BCUT2D eigenvalue weighted by Gasteiger charge is -2.31. The number of nitriles is 1. The summed E-state index contributed by atoms with van der Waals surface area (Å²) >= 11 is 0. The van der Waals surface area contributed by atoms with Gasteiger partial charge >= 0.3 is 0 Å². The number of benzene rings is 1. The van der Waals surface area contributed by atoms with Crippen molar-refractivity contribution in [1.29, 1.82) is 5.26 Å². The van der Waals surface area contributed by atoms with E-state index in [2.05, 4.69) is 4.72 Å². The van der Waals surface area contributed by atoms with E-state index in [0.717, 1.165) is 38.2 Å². The Balaban J connectivity index is 2.31. The van der Waals surface area contributed by atoms with Crippen LogP contribution in [-0.2, 0) is 10.0 Å². The van der Waals surface area contributed by atoms with Crippen LogP contribution in [0, 0.1) is 23.1 Å². The van der Waals surface area contributed by atoms with E-state index in [0.29, 0.717) is 5.92 Å². The van der Waals surface area contributed by atoms with E-state index < -0.39 is 21.4 Å². The van der Waals surface area contributed by atoms with Crippen LogP contribution in [0.25, 0.3) is 0 Å². The maximum atomic E-state index is 13.6. The minimum absolute atomic E-state index is 0.136. The first-order valence-corrected chi connectivity index (χ1v) is 8.69. The van der Waals surface area contributed by atoms with Gasteiger partial charge in [-0.1, -0.05) is 32.3 Å². The second-order valence-electron chi connectivity index (χ2n) is 5.41. The van der Waals surface area contributed by atoms with E-state index in [1.807, 2.05) is 6.92 Å². The highest BCUT2D eigenvalue weighted by Crippen LogP contribution is 2.28. The summed E-state index contributed by atoms with van der Waals surface area (Å²) in [5.41, 5.74) is -0.422. The molecular weight excluding hydrogens is 291 g/mol. The van der Waals surface area contributed by atoms with E-state index in [9.17, 15) is 12.8 Å². The predicted octanol–water partition coefficient (Wildman–Crippen LogP) is 2.94. The number of sulfonamides is 1. The highest BCUT2D eigenvalue weighted by atomic mass is 32.2. The standard InChI is InChI=1S/C15H19FN2O2S/c1-2-11-6-3-4-8-14(11)18-21(19,20)15-9-5-7-13(16)12(15)10-17/h5,7,9,11,14,18H,2-4,6,8H2,1H3. The normalized spacial score (nSPS) is 22.7. The molecule has 21 heavy (non-hydrogen) atoms. The molecule has 0 spiro atoms. The monoisotopic (exact) mass is 310 g/mol.